The minimum absolute atomic E-state index is 0.0846. The van der Waals surface area contributed by atoms with Crippen LogP contribution in [-0.2, 0) is 4.79 Å². The molecule has 0 aliphatic rings. The number of carbonyl (C=O) groups is 1. The normalized spacial score (nSPS) is 16.0. The van der Waals surface area contributed by atoms with Gasteiger partial charge in [0.05, 0.1) is 0 Å². The number of carbonyl (C=O) groups excluding carboxylic acids is 1. The molecule has 1 amide bonds. The summed E-state index contributed by atoms with van der Waals surface area (Å²) >= 11 is 5.82. The number of rotatable bonds is 5. The lowest BCUT2D eigenvalue weighted by Crippen LogP contribution is -2.41. The molecule has 0 fully saturated rings. The zero-order valence-electron chi connectivity index (χ0n) is 11.4. The van der Waals surface area contributed by atoms with Gasteiger partial charge in [-0.05, 0) is 17.3 Å². The number of hydrogen-bond donors (Lipinski definition) is 1. The number of amides is 1. The Labute approximate surface area is 105 Å². The van der Waals surface area contributed by atoms with Gasteiger partial charge in [-0.2, -0.15) is 0 Å². The number of nitrogens with one attached hydrogen (secondary N) is 1. The van der Waals surface area contributed by atoms with Crippen molar-refractivity contribution >= 4 is 17.5 Å². The number of halogens is 1. The Morgan fingerprint density at radius 2 is 1.75 bits per heavy atom. The van der Waals surface area contributed by atoms with Crippen LogP contribution in [-0.4, -0.2) is 17.8 Å². The molecule has 1 N–H and O–H groups in total. The second-order valence-corrected chi connectivity index (χ2v) is 6.35. The zero-order valence-corrected chi connectivity index (χ0v) is 12.2. The summed E-state index contributed by atoms with van der Waals surface area (Å²) in [6, 6.07) is 0.0846. The van der Waals surface area contributed by atoms with E-state index < -0.39 is 0 Å². The van der Waals surface area contributed by atoms with E-state index in [-0.39, 0.29) is 17.4 Å². The number of hydrogen-bond acceptors (Lipinski definition) is 1. The first-order valence-corrected chi connectivity index (χ1v) is 6.57. The van der Waals surface area contributed by atoms with Crippen LogP contribution in [0.2, 0.25) is 0 Å². The molecule has 0 heterocycles. The van der Waals surface area contributed by atoms with E-state index >= 15 is 0 Å². The van der Waals surface area contributed by atoms with Crippen LogP contribution in [0, 0.1) is 17.3 Å². The second-order valence-electron chi connectivity index (χ2n) is 6.04. The fourth-order valence-corrected chi connectivity index (χ4v) is 1.67. The highest BCUT2D eigenvalue weighted by atomic mass is 35.5. The van der Waals surface area contributed by atoms with Crippen molar-refractivity contribution in [2.45, 2.75) is 54.0 Å². The predicted octanol–water partition coefficient (Wildman–Crippen LogP) is 3.44. The van der Waals surface area contributed by atoms with Crippen molar-refractivity contribution in [1.82, 2.24) is 5.32 Å². The number of alkyl halides is 1. The monoisotopic (exact) mass is 247 g/mol. The van der Waals surface area contributed by atoms with Crippen LogP contribution in [0.4, 0.5) is 0 Å². The van der Waals surface area contributed by atoms with Crippen molar-refractivity contribution in [3.05, 3.63) is 0 Å². The molecule has 2 atom stereocenters. The first-order valence-electron chi connectivity index (χ1n) is 6.03. The van der Waals surface area contributed by atoms with Crippen LogP contribution < -0.4 is 5.32 Å². The summed E-state index contributed by atoms with van der Waals surface area (Å²) in [6.07, 6.45) is 0.573. The van der Waals surface area contributed by atoms with Gasteiger partial charge < -0.3 is 5.32 Å². The van der Waals surface area contributed by atoms with Gasteiger partial charge in [0.25, 0.3) is 0 Å². The van der Waals surface area contributed by atoms with Crippen LogP contribution in [0.15, 0.2) is 0 Å². The summed E-state index contributed by atoms with van der Waals surface area (Å²) in [5.74, 6) is 1.34. The Bertz CT molecular complexity index is 214. The van der Waals surface area contributed by atoms with Crippen molar-refractivity contribution in [2.24, 2.45) is 17.3 Å². The molecule has 16 heavy (non-hydrogen) atoms. The fourth-order valence-electron chi connectivity index (χ4n) is 1.23. The Balaban J connectivity index is 4.18. The molecule has 0 saturated carbocycles. The molecule has 2 unspecified atom stereocenters. The third-order valence-corrected chi connectivity index (χ3v) is 3.62. The fraction of sp³-hybridized carbons (Fsp3) is 0.923. The van der Waals surface area contributed by atoms with Gasteiger partial charge in [0, 0.05) is 18.3 Å². The average molecular weight is 248 g/mol. The van der Waals surface area contributed by atoms with Gasteiger partial charge in [-0.1, -0.05) is 41.5 Å². The van der Waals surface area contributed by atoms with Gasteiger partial charge in [-0.25, -0.2) is 0 Å². The highest BCUT2D eigenvalue weighted by Crippen LogP contribution is 2.27. The summed E-state index contributed by atoms with van der Waals surface area (Å²) in [4.78, 5) is 11.8. The van der Waals surface area contributed by atoms with E-state index in [1.807, 2.05) is 0 Å². The molecule has 0 aromatic heterocycles. The Morgan fingerprint density at radius 3 is 2.06 bits per heavy atom. The van der Waals surface area contributed by atoms with Crippen LogP contribution >= 0.6 is 11.6 Å². The van der Waals surface area contributed by atoms with E-state index in [9.17, 15) is 4.79 Å². The topological polar surface area (TPSA) is 29.1 Å². The average Bonchev–Trinajstić information content (AvgIpc) is 2.11. The van der Waals surface area contributed by atoms with Crippen molar-refractivity contribution < 1.29 is 4.79 Å². The van der Waals surface area contributed by atoms with E-state index in [0.29, 0.717) is 24.1 Å². The quantitative estimate of drug-likeness (QED) is 0.741. The predicted molar refractivity (Wildman–Crippen MR) is 70.7 cm³/mol. The lowest BCUT2D eigenvalue weighted by Gasteiger charge is -2.28. The Kier molecular flexibility index (Phi) is 6.39. The van der Waals surface area contributed by atoms with E-state index in [1.165, 1.54) is 0 Å². The molecule has 0 aliphatic carbocycles. The maximum Gasteiger partial charge on any atom is 0.220 e. The minimum Gasteiger partial charge on any atom is -0.352 e. The molecule has 3 heteroatoms. The van der Waals surface area contributed by atoms with Crippen molar-refractivity contribution in [1.29, 1.82) is 0 Å². The largest absolute Gasteiger partial charge is 0.352 e. The molecule has 0 aromatic carbocycles. The van der Waals surface area contributed by atoms with Crippen LogP contribution in [0.1, 0.15) is 48.0 Å². The maximum atomic E-state index is 11.8. The van der Waals surface area contributed by atoms with Crippen LogP contribution in [0.3, 0.4) is 0 Å². The molecule has 0 saturated heterocycles. The van der Waals surface area contributed by atoms with Crippen molar-refractivity contribution in [2.75, 3.05) is 5.88 Å². The molecule has 0 radical (unpaired) electrons. The molecule has 0 rings (SSSR count). The molecular weight excluding hydrogens is 222 g/mol. The molecule has 0 aromatic rings. The van der Waals surface area contributed by atoms with Crippen molar-refractivity contribution in [3.63, 3.8) is 0 Å². The van der Waals surface area contributed by atoms with Gasteiger partial charge in [0.1, 0.15) is 0 Å². The van der Waals surface area contributed by atoms with Gasteiger partial charge in [0.15, 0.2) is 0 Å². The maximum absolute atomic E-state index is 11.8. The van der Waals surface area contributed by atoms with E-state index in [0.717, 1.165) is 0 Å². The summed E-state index contributed by atoms with van der Waals surface area (Å²) < 4.78 is 0. The Hall–Kier alpha value is -0.240. The summed E-state index contributed by atoms with van der Waals surface area (Å²) in [5.41, 5.74) is 0.172. The highest BCUT2D eigenvalue weighted by molar-refractivity contribution is 6.18. The standard InChI is InChI=1S/C13H26ClNO/c1-9(2)11(8-14)15-12(16)7-10(3)13(4,5)6/h9-11H,7-8H2,1-6H3,(H,15,16). The molecule has 96 valence electrons. The lowest BCUT2D eigenvalue weighted by molar-refractivity contribution is -0.123. The summed E-state index contributed by atoms with van der Waals surface area (Å²) in [6.45, 7) is 12.7. The molecule has 0 bridgehead atoms. The SMILES string of the molecule is CC(C)C(CCl)NC(=O)CC(C)C(C)(C)C. The lowest BCUT2D eigenvalue weighted by atomic mass is 9.80. The van der Waals surface area contributed by atoms with Gasteiger partial charge in [0.2, 0.25) is 5.91 Å². The molecule has 0 spiro atoms. The van der Waals surface area contributed by atoms with Gasteiger partial charge in [-0.15, -0.1) is 11.6 Å². The first-order chi connectivity index (χ1) is 7.18. The third kappa shape index (κ3) is 5.74. The zero-order chi connectivity index (χ0) is 12.9. The van der Waals surface area contributed by atoms with Gasteiger partial charge >= 0.3 is 0 Å². The van der Waals surface area contributed by atoms with E-state index in [4.69, 9.17) is 11.6 Å². The van der Waals surface area contributed by atoms with E-state index in [1.54, 1.807) is 0 Å². The van der Waals surface area contributed by atoms with E-state index in [2.05, 4.69) is 46.9 Å². The van der Waals surface area contributed by atoms with Gasteiger partial charge in [-0.3, -0.25) is 4.79 Å². The highest BCUT2D eigenvalue weighted by Gasteiger charge is 2.24. The molecule has 2 nitrogen and oxygen atoms in total. The third-order valence-electron chi connectivity index (χ3n) is 3.29. The summed E-state index contributed by atoms with van der Waals surface area (Å²) in [5, 5.41) is 3.00. The Morgan fingerprint density at radius 1 is 1.25 bits per heavy atom. The first kappa shape index (κ1) is 15.8. The minimum atomic E-state index is 0.0846. The second kappa shape index (κ2) is 6.48. The van der Waals surface area contributed by atoms with Crippen molar-refractivity contribution in [3.8, 4) is 0 Å². The molecule has 0 aliphatic heterocycles. The van der Waals surface area contributed by atoms with Crippen LogP contribution in [0.25, 0.3) is 0 Å². The van der Waals surface area contributed by atoms with Crippen LogP contribution in [0.5, 0.6) is 0 Å². The molecular formula is C13H26ClNO. The smallest absolute Gasteiger partial charge is 0.220 e. The summed E-state index contributed by atoms with van der Waals surface area (Å²) in [7, 11) is 0.